The number of ether oxygens (including phenoxy) is 2. The van der Waals surface area contributed by atoms with E-state index in [1.807, 2.05) is 12.1 Å². The summed E-state index contributed by atoms with van der Waals surface area (Å²) in [4.78, 5) is 14.7. The maximum atomic E-state index is 10.5. The Morgan fingerprint density at radius 1 is 0.596 bits per heavy atom. The van der Waals surface area contributed by atoms with Crippen molar-refractivity contribution >= 4 is 0 Å². The summed E-state index contributed by atoms with van der Waals surface area (Å²) >= 11 is 0. The van der Waals surface area contributed by atoms with Crippen LogP contribution in [0.1, 0.15) is 99.8 Å². The number of nitrogens with zero attached hydrogens (tertiary/aromatic N) is 3. The number of aliphatic hydroxyl groups excluding tert-OH is 1. The molecule has 1 unspecified atom stereocenters. The molecule has 0 aliphatic rings. The number of aromatic nitrogens is 3. The zero-order chi connectivity index (χ0) is 33.6. The van der Waals surface area contributed by atoms with E-state index in [-0.39, 0.29) is 12.4 Å². The number of aliphatic hydroxyl groups is 1. The summed E-state index contributed by atoms with van der Waals surface area (Å²) in [5, 5.41) is 20.9. The molecule has 0 saturated heterocycles. The molecular formula is C40H53N3O4. The lowest BCUT2D eigenvalue weighted by Crippen LogP contribution is -2.16. The number of rotatable bonds is 19. The van der Waals surface area contributed by atoms with E-state index >= 15 is 0 Å². The third-order valence-corrected chi connectivity index (χ3v) is 8.52. The third-order valence-electron chi connectivity index (χ3n) is 8.52. The Balaban J connectivity index is 1.42. The fourth-order valence-corrected chi connectivity index (χ4v) is 5.85. The molecule has 0 aliphatic heterocycles. The van der Waals surface area contributed by atoms with Crippen molar-refractivity contribution in [1.29, 1.82) is 0 Å². The molecule has 4 aromatic rings. The first-order chi connectivity index (χ1) is 22.7. The molecule has 252 valence electrons. The quantitative estimate of drug-likeness (QED) is 0.0778. The van der Waals surface area contributed by atoms with Crippen LogP contribution >= 0.6 is 0 Å². The van der Waals surface area contributed by atoms with Crippen molar-refractivity contribution in [3.8, 4) is 45.7 Å². The maximum Gasteiger partial charge on any atom is 0.167 e. The van der Waals surface area contributed by atoms with Crippen molar-refractivity contribution in [2.45, 2.75) is 112 Å². The second-order valence-electron chi connectivity index (χ2n) is 12.8. The minimum absolute atomic E-state index is 0.0776. The highest BCUT2D eigenvalue weighted by Gasteiger charge is 2.18. The Morgan fingerprint density at radius 2 is 1.11 bits per heavy atom. The van der Waals surface area contributed by atoms with Crippen LogP contribution in [0.5, 0.6) is 11.5 Å². The van der Waals surface area contributed by atoms with Crippen LogP contribution in [0.2, 0.25) is 0 Å². The van der Waals surface area contributed by atoms with Crippen molar-refractivity contribution in [1.82, 2.24) is 15.0 Å². The molecule has 47 heavy (non-hydrogen) atoms. The van der Waals surface area contributed by atoms with Gasteiger partial charge in [0.1, 0.15) is 11.5 Å². The lowest BCUT2D eigenvalue weighted by atomic mass is 10.0. The number of phenolic OH excluding ortho intramolecular Hbond substituents is 1. The van der Waals surface area contributed by atoms with Crippen LogP contribution in [0, 0.1) is 27.7 Å². The molecule has 0 aliphatic carbocycles. The van der Waals surface area contributed by atoms with E-state index in [2.05, 4.69) is 58.9 Å². The summed E-state index contributed by atoms with van der Waals surface area (Å²) in [6.45, 7) is 11.2. The molecule has 1 atom stereocenters. The fourth-order valence-electron chi connectivity index (χ4n) is 5.85. The van der Waals surface area contributed by atoms with Crippen molar-refractivity contribution < 1.29 is 19.7 Å². The number of aryl methyl sites for hydroxylation is 4. The number of benzene rings is 3. The average molecular weight is 640 g/mol. The molecule has 0 spiro atoms. The number of phenols is 1. The maximum absolute atomic E-state index is 10.5. The van der Waals surface area contributed by atoms with Crippen LogP contribution in [-0.4, -0.2) is 44.7 Å². The van der Waals surface area contributed by atoms with Crippen LogP contribution in [0.4, 0.5) is 0 Å². The molecule has 0 radical (unpaired) electrons. The van der Waals surface area contributed by atoms with Crippen molar-refractivity contribution in [2.24, 2.45) is 0 Å². The molecular weight excluding hydrogens is 586 g/mol. The summed E-state index contributed by atoms with van der Waals surface area (Å²) in [6.07, 6.45) is 12.0. The molecule has 0 saturated carbocycles. The highest BCUT2D eigenvalue weighted by atomic mass is 16.6. The van der Waals surface area contributed by atoms with Crippen LogP contribution in [0.25, 0.3) is 34.2 Å². The summed E-state index contributed by atoms with van der Waals surface area (Å²) in [7, 11) is 0. The first-order valence-electron chi connectivity index (χ1n) is 17.4. The topological polar surface area (TPSA) is 97.6 Å². The van der Waals surface area contributed by atoms with Gasteiger partial charge in [-0.25, -0.2) is 15.0 Å². The first kappa shape index (κ1) is 36.0. The Bertz CT molecular complexity index is 1500. The van der Waals surface area contributed by atoms with Gasteiger partial charge in [-0.2, -0.15) is 0 Å². The molecule has 7 nitrogen and oxygen atoms in total. The van der Waals surface area contributed by atoms with Crippen LogP contribution in [-0.2, 0) is 4.74 Å². The van der Waals surface area contributed by atoms with Gasteiger partial charge in [0.25, 0.3) is 0 Å². The Labute approximate surface area is 281 Å². The molecule has 1 heterocycles. The smallest absolute Gasteiger partial charge is 0.167 e. The van der Waals surface area contributed by atoms with Gasteiger partial charge in [0.2, 0.25) is 0 Å². The number of aromatic hydroxyl groups is 1. The van der Waals surface area contributed by atoms with E-state index in [9.17, 15) is 10.2 Å². The van der Waals surface area contributed by atoms with Gasteiger partial charge in [0.05, 0.1) is 12.2 Å². The van der Waals surface area contributed by atoms with Crippen molar-refractivity contribution in [2.75, 3.05) is 13.2 Å². The molecule has 2 N–H and O–H groups in total. The van der Waals surface area contributed by atoms with Gasteiger partial charge in [-0.1, -0.05) is 112 Å². The van der Waals surface area contributed by atoms with Gasteiger partial charge in [0, 0.05) is 24.2 Å². The zero-order valence-corrected chi connectivity index (χ0v) is 29.0. The molecule has 7 heteroatoms. The van der Waals surface area contributed by atoms with Crippen molar-refractivity contribution in [3.05, 3.63) is 76.9 Å². The average Bonchev–Trinajstić information content (AvgIpc) is 3.04. The third kappa shape index (κ3) is 11.1. The van der Waals surface area contributed by atoms with Gasteiger partial charge < -0.3 is 19.7 Å². The second-order valence-corrected chi connectivity index (χ2v) is 12.8. The first-order valence-corrected chi connectivity index (χ1v) is 17.4. The monoisotopic (exact) mass is 639 g/mol. The highest BCUT2D eigenvalue weighted by molar-refractivity contribution is 5.72. The molecule has 0 fully saturated rings. The van der Waals surface area contributed by atoms with E-state index in [0.29, 0.717) is 41.8 Å². The molecule has 4 rings (SSSR count). The van der Waals surface area contributed by atoms with E-state index in [0.717, 1.165) is 46.2 Å². The molecule has 1 aromatic heterocycles. The van der Waals surface area contributed by atoms with Crippen LogP contribution in [0.3, 0.4) is 0 Å². The lowest BCUT2D eigenvalue weighted by Gasteiger charge is -2.16. The number of hydrogen-bond acceptors (Lipinski definition) is 7. The minimum Gasteiger partial charge on any atom is -0.508 e. The predicted molar refractivity (Wildman–Crippen MR) is 191 cm³/mol. The van der Waals surface area contributed by atoms with E-state index in [4.69, 9.17) is 24.4 Å². The lowest BCUT2D eigenvalue weighted by molar-refractivity contribution is -0.108. The Morgan fingerprint density at radius 3 is 1.64 bits per heavy atom. The van der Waals surface area contributed by atoms with E-state index in [1.54, 1.807) is 18.2 Å². The standard InChI is InChI=1S/C40H53N3O4/c1-6-7-8-9-10-11-12-13-14-15-23-47-37(45)22-24-46-36-21-18-32(44)27-35(36)40-42-38(33-19-16-28(2)25-30(33)4)41-39(43-40)34-20-17-29(3)26-31(34)5/h16-21,25-27,37,44-45H,6-15,22-24H2,1-5H3. The Hall–Kier alpha value is -3.81. The van der Waals surface area contributed by atoms with E-state index in [1.165, 1.54) is 51.4 Å². The summed E-state index contributed by atoms with van der Waals surface area (Å²) in [5.74, 6) is 2.08. The van der Waals surface area contributed by atoms with Crippen LogP contribution in [0.15, 0.2) is 54.6 Å². The SMILES string of the molecule is CCCCCCCCCCCCOC(O)CCOc1ccc(O)cc1-c1nc(-c2ccc(C)cc2C)nc(-c2ccc(C)cc2C)n1. The van der Waals surface area contributed by atoms with Gasteiger partial charge in [-0.15, -0.1) is 0 Å². The molecule has 0 amide bonds. The summed E-state index contributed by atoms with van der Waals surface area (Å²) < 4.78 is 11.8. The normalized spacial score (nSPS) is 12.0. The van der Waals surface area contributed by atoms with Crippen LogP contribution < -0.4 is 4.74 Å². The minimum atomic E-state index is -0.904. The molecule has 3 aromatic carbocycles. The second kappa shape index (κ2) is 18.5. The largest absolute Gasteiger partial charge is 0.508 e. The Kier molecular flexibility index (Phi) is 14.2. The number of unbranched alkanes of at least 4 members (excludes halogenated alkanes) is 9. The highest BCUT2D eigenvalue weighted by Crippen LogP contribution is 2.34. The van der Waals surface area contributed by atoms with Gasteiger partial charge in [-0.05, 0) is 63.4 Å². The molecule has 0 bridgehead atoms. The fraction of sp³-hybridized carbons (Fsp3) is 0.475. The van der Waals surface area contributed by atoms with Gasteiger partial charge in [0.15, 0.2) is 23.8 Å². The summed E-state index contributed by atoms with van der Waals surface area (Å²) in [5.41, 5.74) is 6.82. The van der Waals surface area contributed by atoms with Crippen molar-refractivity contribution in [3.63, 3.8) is 0 Å². The van der Waals surface area contributed by atoms with Gasteiger partial charge >= 0.3 is 0 Å². The zero-order valence-electron chi connectivity index (χ0n) is 29.0. The van der Waals surface area contributed by atoms with Gasteiger partial charge in [-0.3, -0.25) is 0 Å². The van der Waals surface area contributed by atoms with E-state index < -0.39 is 6.29 Å². The predicted octanol–water partition coefficient (Wildman–Crippen LogP) is 9.84. The summed E-state index contributed by atoms with van der Waals surface area (Å²) in [6, 6.07) is 17.3. The number of hydrogen-bond donors (Lipinski definition) is 2.